The van der Waals surface area contributed by atoms with Crippen LogP contribution in [0.4, 0.5) is 0 Å². The summed E-state index contributed by atoms with van der Waals surface area (Å²) in [5, 5.41) is 3.26. The number of aryl methyl sites for hydroxylation is 1. The van der Waals surface area contributed by atoms with Gasteiger partial charge in [0, 0.05) is 26.7 Å². The molecule has 1 rings (SSSR count). The van der Waals surface area contributed by atoms with Gasteiger partial charge in [-0.3, -0.25) is 0 Å². The van der Waals surface area contributed by atoms with Crippen molar-refractivity contribution < 1.29 is 8.42 Å². The number of benzene rings is 1. The summed E-state index contributed by atoms with van der Waals surface area (Å²) >= 11 is 0. The number of rotatable bonds is 8. The van der Waals surface area contributed by atoms with Crippen LogP contribution in [0, 0.1) is 0 Å². The molecule has 1 aromatic rings. The third-order valence-corrected chi connectivity index (χ3v) is 5.22. The fraction of sp³-hybridized carbons (Fsp3) is 0.600. The Bertz CT molecular complexity index is 495. The molecule has 0 radical (unpaired) electrons. The zero-order valence-corrected chi connectivity index (χ0v) is 13.7. The summed E-state index contributed by atoms with van der Waals surface area (Å²) in [6.07, 6.45) is 2.25. The Balaban J connectivity index is 2.49. The number of hydrogen-bond acceptors (Lipinski definition) is 3. The van der Waals surface area contributed by atoms with Crippen LogP contribution in [0.15, 0.2) is 24.3 Å². The number of nitrogens with zero attached hydrogens (tertiary/aromatic N) is 1. The minimum Gasteiger partial charge on any atom is -0.309 e. The van der Waals surface area contributed by atoms with Crippen molar-refractivity contribution in [1.82, 2.24) is 9.62 Å². The van der Waals surface area contributed by atoms with Gasteiger partial charge in [0.25, 0.3) is 0 Å². The molecule has 0 amide bonds. The van der Waals surface area contributed by atoms with E-state index < -0.39 is 10.0 Å². The van der Waals surface area contributed by atoms with E-state index in [2.05, 4.69) is 43.4 Å². The molecular weight excluding hydrogens is 272 g/mol. The van der Waals surface area contributed by atoms with Crippen LogP contribution in [0.5, 0.6) is 0 Å². The van der Waals surface area contributed by atoms with E-state index >= 15 is 0 Å². The molecule has 0 aliphatic heterocycles. The Morgan fingerprint density at radius 2 is 1.80 bits per heavy atom. The van der Waals surface area contributed by atoms with Crippen LogP contribution >= 0.6 is 0 Å². The van der Waals surface area contributed by atoms with Crippen molar-refractivity contribution in [2.75, 3.05) is 26.4 Å². The molecule has 1 atom stereocenters. The molecule has 1 unspecified atom stereocenters. The average molecular weight is 298 g/mol. The summed E-state index contributed by atoms with van der Waals surface area (Å²) < 4.78 is 24.6. The van der Waals surface area contributed by atoms with Crippen molar-refractivity contribution in [1.29, 1.82) is 0 Å². The van der Waals surface area contributed by atoms with Gasteiger partial charge < -0.3 is 5.32 Å². The second-order valence-electron chi connectivity index (χ2n) is 5.27. The van der Waals surface area contributed by atoms with E-state index in [1.807, 2.05) is 0 Å². The van der Waals surface area contributed by atoms with Gasteiger partial charge in [-0.15, -0.1) is 0 Å². The standard InChI is InChI=1S/C15H26N2O2S/c1-5-6-14-7-9-15(10-8-14)13(2)16-11-12-20(18,19)17(3)4/h7-10,13,16H,5-6,11-12H2,1-4H3. The molecule has 0 saturated carbocycles. The topological polar surface area (TPSA) is 49.4 Å². The van der Waals surface area contributed by atoms with E-state index in [0.29, 0.717) is 6.54 Å². The highest BCUT2D eigenvalue weighted by Gasteiger charge is 2.13. The molecule has 1 aromatic carbocycles. The largest absolute Gasteiger partial charge is 0.309 e. The summed E-state index contributed by atoms with van der Waals surface area (Å²) in [6, 6.07) is 8.68. The van der Waals surface area contributed by atoms with Crippen LogP contribution in [0.1, 0.15) is 37.4 Å². The quantitative estimate of drug-likeness (QED) is 0.800. The number of nitrogens with one attached hydrogen (secondary N) is 1. The van der Waals surface area contributed by atoms with Gasteiger partial charge in [0.15, 0.2) is 0 Å². The Labute approximate surface area is 123 Å². The van der Waals surface area contributed by atoms with Gasteiger partial charge in [-0.25, -0.2) is 12.7 Å². The summed E-state index contributed by atoms with van der Waals surface area (Å²) in [4.78, 5) is 0. The van der Waals surface area contributed by atoms with E-state index in [-0.39, 0.29) is 11.8 Å². The van der Waals surface area contributed by atoms with Crippen LogP contribution in [0.25, 0.3) is 0 Å². The number of sulfonamides is 1. The first-order chi connectivity index (χ1) is 9.36. The minimum absolute atomic E-state index is 0.123. The monoisotopic (exact) mass is 298 g/mol. The van der Waals surface area contributed by atoms with E-state index in [0.717, 1.165) is 12.8 Å². The molecule has 20 heavy (non-hydrogen) atoms. The molecule has 0 fully saturated rings. The van der Waals surface area contributed by atoms with Gasteiger partial charge in [0.05, 0.1) is 5.75 Å². The Hall–Kier alpha value is -0.910. The van der Waals surface area contributed by atoms with Crippen molar-refractivity contribution in [3.8, 4) is 0 Å². The first kappa shape index (κ1) is 17.1. The molecule has 0 saturated heterocycles. The smallest absolute Gasteiger partial charge is 0.214 e. The normalized spacial score (nSPS) is 13.7. The molecule has 0 aliphatic carbocycles. The molecule has 0 spiro atoms. The van der Waals surface area contributed by atoms with E-state index in [1.54, 1.807) is 14.1 Å². The molecule has 0 aromatic heterocycles. The Kier molecular flexibility index (Phi) is 6.65. The van der Waals surface area contributed by atoms with E-state index in [9.17, 15) is 8.42 Å². The van der Waals surface area contributed by atoms with E-state index in [4.69, 9.17) is 0 Å². The lowest BCUT2D eigenvalue weighted by Crippen LogP contribution is -2.32. The maximum absolute atomic E-state index is 11.7. The van der Waals surface area contributed by atoms with Gasteiger partial charge in [0.2, 0.25) is 10.0 Å². The second-order valence-corrected chi connectivity index (χ2v) is 7.57. The third-order valence-electron chi connectivity index (χ3n) is 3.39. The molecule has 4 nitrogen and oxygen atoms in total. The van der Waals surface area contributed by atoms with Crippen molar-refractivity contribution in [2.45, 2.75) is 32.7 Å². The van der Waals surface area contributed by atoms with Crippen molar-refractivity contribution in [3.63, 3.8) is 0 Å². The SMILES string of the molecule is CCCc1ccc(C(C)NCCS(=O)(=O)N(C)C)cc1. The molecule has 0 aliphatic rings. The lowest BCUT2D eigenvalue weighted by Gasteiger charge is -2.16. The van der Waals surface area contributed by atoms with Crippen LogP contribution < -0.4 is 5.32 Å². The van der Waals surface area contributed by atoms with Gasteiger partial charge in [-0.1, -0.05) is 37.6 Å². The highest BCUT2D eigenvalue weighted by atomic mass is 32.2. The van der Waals surface area contributed by atoms with Gasteiger partial charge in [0.1, 0.15) is 0 Å². The lowest BCUT2D eigenvalue weighted by atomic mass is 10.0. The third kappa shape index (κ3) is 5.23. The first-order valence-corrected chi connectivity index (χ1v) is 8.70. The highest BCUT2D eigenvalue weighted by molar-refractivity contribution is 7.89. The summed E-state index contributed by atoms with van der Waals surface area (Å²) in [5.41, 5.74) is 2.53. The maximum atomic E-state index is 11.7. The maximum Gasteiger partial charge on any atom is 0.214 e. The Morgan fingerprint density at radius 1 is 1.20 bits per heavy atom. The second kappa shape index (κ2) is 7.76. The summed E-state index contributed by atoms with van der Waals surface area (Å²) in [7, 11) is 0.00218. The molecule has 0 bridgehead atoms. The molecule has 1 N–H and O–H groups in total. The zero-order valence-electron chi connectivity index (χ0n) is 12.9. The van der Waals surface area contributed by atoms with Crippen molar-refractivity contribution >= 4 is 10.0 Å². The van der Waals surface area contributed by atoms with Gasteiger partial charge in [-0.05, 0) is 24.5 Å². The summed E-state index contributed by atoms with van der Waals surface area (Å²) in [6.45, 7) is 4.68. The highest BCUT2D eigenvalue weighted by Crippen LogP contribution is 2.14. The fourth-order valence-corrected chi connectivity index (χ4v) is 2.71. The molecule has 5 heteroatoms. The van der Waals surface area contributed by atoms with Crippen molar-refractivity contribution in [2.24, 2.45) is 0 Å². The van der Waals surface area contributed by atoms with Crippen LogP contribution in [-0.4, -0.2) is 39.1 Å². The van der Waals surface area contributed by atoms with Crippen LogP contribution in [-0.2, 0) is 16.4 Å². The van der Waals surface area contributed by atoms with E-state index in [1.165, 1.54) is 15.4 Å². The fourth-order valence-electron chi connectivity index (χ4n) is 1.97. The molecule has 114 valence electrons. The van der Waals surface area contributed by atoms with Crippen LogP contribution in [0.2, 0.25) is 0 Å². The van der Waals surface area contributed by atoms with Crippen LogP contribution in [0.3, 0.4) is 0 Å². The lowest BCUT2D eigenvalue weighted by molar-refractivity contribution is 0.512. The number of hydrogen-bond donors (Lipinski definition) is 1. The average Bonchev–Trinajstić information content (AvgIpc) is 2.39. The molecule has 0 heterocycles. The first-order valence-electron chi connectivity index (χ1n) is 7.09. The summed E-state index contributed by atoms with van der Waals surface area (Å²) in [5.74, 6) is 0.123. The Morgan fingerprint density at radius 3 is 2.30 bits per heavy atom. The predicted molar refractivity (Wildman–Crippen MR) is 84.3 cm³/mol. The zero-order chi connectivity index (χ0) is 15.2. The van der Waals surface area contributed by atoms with Crippen molar-refractivity contribution in [3.05, 3.63) is 35.4 Å². The minimum atomic E-state index is -3.12. The molecular formula is C15H26N2O2S. The van der Waals surface area contributed by atoms with Gasteiger partial charge >= 0.3 is 0 Å². The predicted octanol–water partition coefficient (Wildman–Crippen LogP) is 2.18. The van der Waals surface area contributed by atoms with Gasteiger partial charge in [-0.2, -0.15) is 0 Å².